The van der Waals surface area contributed by atoms with E-state index in [0.717, 1.165) is 24.9 Å². The summed E-state index contributed by atoms with van der Waals surface area (Å²) < 4.78 is 10.4. The van der Waals surface area contributed by atoms with Crippen LogP contribution in [0.3, 0.4) is 0 Å². The summed E-state index contributed by atoms with van der Waals surface area (Å²) >= 11 is 6.02. The van der Waals surface area contributed by atoms with Crippen molar-refractivity contribution in [2.24, 2.45) is 4.99 Å². The average Bonchev–Trinajstić information content (AvgIpc) is 3.22. The summed E-state index contributed by atoms with van der Waals surface area (Å²) in [6, 6.07) is 7.51. The van der Waals surface area contributed by atoms with Crippen LogP contribution in [0.25, 0.3) is 11.4 Å². The van der Waals surface area contributed by atoms with Crippen LogP contribution >= 0.6 is 35.6 Å². The number of carbonyl (C=O) groups is 1. The lowest BCUT2D eigenvalue weighted by Crippen LogP contribution is -2.49. The van der Waals surface area contributed by atoms with Gasteiger partial charge in [-0.15, -0.1) is 24.0 Å². The fraction of sp³-hybridized carbons (Fsp3) is 0.500. The normalized spacial score (nSPS) is 14.7. The number of hydrogen-bond donors (Lipinski definition) is 2. The number of carbonyl (C=O) groups excluding carboxylic acids is 1. The molecule has 1 aliphatic heterocycles. The molecule has 1 saturated heterocycles. The van der Waals surface area contributed by atoms with E-state index in [-0.39, 0.29) is 42.7 Å². The van der Waals surface area contributed by atoms with Gasteiger partial charge in [-0.1, -0.05) is 28.9 Å². The highest BCUT2D eigenvalue weighted by molar-refractivity contribution is 14.0. The van der Waals surface area contributed by atoms with Crippen molar-refractivity contribution in [3.8, 4) is 11.4 Å². The van der Waals surface area contributed by atoms with Crippen LogP contribution in [0, 0.1) is 0 Å². The summed E-state index contributed by atoms with van der Waals surface area (Å²) in [5.41, 5.74) is 0.792. The number of aromatic nitrogens is 2. The third-order valence-corrected chi connectivity index (χ3v) is 4.86. The van der Waals surface area contributed by atoms with Crippen molar-refractivity contribution in [1.29, 1.82) is 0 Å². The standard InChI is InChI=1S/C20H27ClN6O3.HI/c1-3-22-19(24-16-8-10-27(11-9-16)20(28)29-4-2)23-13-17-25-18(26-30-17)14-6-5-7-15(21)12-14;/h5-7,12,16H,3-4,8-11,13H2,1-2H3,(H2,22,23,24);1H. The molecule has 0 unspecified atom stereocenters. The average molecular weight is 563 g/mol. The number of ether oxygens (including phenoxy) is 1. The van der Waals surface area contributed by atoms with E-state index in [1.165, 1.54) is 0 Å². The van der Waals surface area contributed by atoms with Gasteiger partial charge in [-0.2, -0.15) is 4.98 Å². The minimum absolute atomic E-state index is 0. The topological polar surface area (TPSA) is 105 Å². The largest absolute Gasteiger partial charge is 0.450 e. The molecule has 1 aromatic carbocycles. The summed E-state index contributed by atoms with van der Waals surface area (Å²) in [4.78, 5) is 22.5. The van der Waals surface area contributed by atoms with Crippen molar-refractivity contribution >= 4 is 47.6 Å². The highest BCUT2D eigenvalue weighted by Gasteiger charge is 2.24. The van der Waals surface area contributed by atoms with Crippen LogP contribution in [0.4, 0.5) is 4.79 Å². The quantitative estimate of drug-likeness (QED) is 0.314. The van der Waals surface area contributed by atoms with Gasteiger partial charge in [-0.05, 0) is 38.8 Å². The first kappa shape index (κ1) is 25.2. The Balaban J connectivity index is 0.00000341. The molecule has 0 spiro atoms. The van der Waals surface area contributed by atoms with Crippen molar-refractivity contribution in [2.75, 3.05) is 26.2 Å². The molecule has 0 radical (unpaired) electrons. The van der Waals surface area contributed by atoms with Crippen LogP contribution in [0.1, 0.15) is 32.6 Å². The molecule has 31 heavy (non-hydrogen) atoms. The number of rotatable bonds is 6. The van der Waals surface area contributed by atoms with Gasteiger partial charge in [0.25, 0.3) is 0 Å². The minimum Gasteiger partial charge on any atom is -0.450 e. The Hall–Kier alpha value is -2.08. The molecule has 1 fully saturated rings. The number of halogens is 2. The molecule has 3 rings (SSSR count). The Morgan fingerprint density at radius 2 is 2.13 bits per heavy atom. The Labute approximate surface area is 204 Å². The molecule has 1 aromatic heterocycles. The predicted octanol–water partition coefficient (Wildman–Crippen LogP) is 3.68. The number of amides is 1. The smallest absolute Gasteiger partial charge is 0.409 e. The molecule has 2 aromatic rings. The fourth-order valence-electron chi connectivity index (χ4n) is 3.15. The number of nitrogens with zero attached hydrogens (tertiary/aromatic N) is 4. The maximum absolute atomic E-state index is 11.8. The Kier molecular flexibility index (Phi) is 10.3. The zero-order chi connectivity index (χ0) is 21.3. The molecule has 0 saturated carbocycles. The van der Waals surface area contributed by atoms with E-state index in [4.69, 9.17) is 20.9 Å². The molecule has 0 bridgehead atoms. The van der Waals surface area contributed by atoms with E-state index in [1.54, 1.807) is 17.0 Å². The third kappa shape index (κ3) is 7.53. The van der Waals surface area contributed by atoms with Gasteiger partial charge in [-0.25, -0.2) is 9.79 Å². The number of piperidine rings is 1. The molecule has 170 valence electrons. The molecule has 0 aliphatic carbocycles. The third-order valence-electron chi connectivity index (χ3n) is 4.63. The Morgan fingerprint density at radius 1 is 1.35 bits per heavy atom. The molecule has 2 heterocycles. The van der Waals surface area contributed by atoms with Crippen LogP contribution in [0.2, 0.25) is 5.02 Å². The number of hydrogen-bond acceptors (Lipinski definition) is 6. The highest BCUT2D eigenvalue weighted by atomic mass is 127. The van der Waals surface area contributed by atoms with Crippen molar-refractivity contribution in [3.63, 3.8) is 0 Å². The van der Waals surface area contributed by atoms with Crippen LogP contribution in [-0.2, 0) is 11.3 Å². The summed E-state index contributed by atoms with van der Waals surface area (Å²) in [7, 11) is 0. The van der Waals surface area contributed by atoms with Crippen molar-refractivity contribution in [2.45, 2.75) is 39.3 Å². The zero-order valence-electron chi connectivity index (χ0n) is 17.6. The second-order valence-electron chi connectivity index (χ2n) is 6.82. The Bertz CT molecular complexity index is 870. The maximum atomic E-state index is 11.8. The van der Waals surface area contributed by atoms with Crippen LogP contribution in [0.15, 0.2) is 33.8 Å². The van der Waals surface area contributed by atoms with E-state index in [1.807, 2.05) is 26.0 Å². The SMILES string of the molecule is CCNC(=NCc1nc(-c2cccc(Cl)c2)no1)NC1CCN(C(=O)OCC)CC1.I. The first-order chi connectivity index (χ1) is 14.6. The summed E-state index contributed by atoms with van der Waals surface area (Å²) in [6.45, 7) is 6.50. The summed E-state index contributed by atoms with van der Waals surface area (Å²) in [5, 5.41) is 11.3. The maximum Gasteiger partial charge on any atom is 0.409 e. The van der Waals surface area contributed by atoms with Crippen molar-refractivity contribution in [1.82, 2.24) is 25.7 Å². The molecule has 9 nitrogen and oxygen atoms in total. The monoisotopic (exact) mass is 562 g/mol. The lowest BCUT2D eigenvalue weighted by atomic mass is 10.1. The lowest BCUT2D eigenvalue weighted by Gasteiger charge is -2.32. The zero-order valence-corrected chi connectivity index (χ0v) is 20.7. The fourth-order valence-corrected chi connectivity index (χ4v) is 3.34. The molecule has 0 atom stereocenters. The predicted molar refractivity (Wildman–Crippen MR) is 130 cm³/mol. The summed E-state index contributed by atoms with van der Waals surface area (Å²) in [6.07, 6.45) is 1.40. The van der Waals surface area contributed by atoms with Gasteiger partial charge < -0.3 is 24.8 Å². The second kappa shape index (κ2) is 12.7. The first-order valence-corrected chi connectivity index (χ1v) is 10.5. The van der Waals surface area contributed by atoms with Gasteiger partial charge in [0.05, 0.1) is 6.61 Å². The summed E-state index contributed by atoms with van der Waals surface area (Å²) in [5.74, 6) is 1.57. The van der Waals surface area contributed by atoms with E-state index in [0.29, 0.717) is 42.4 Å². The van der Waals surface area contributed by atoms with Gasteiger partial charge in [0.1, 0.15) is 6.54 Å². The van der Waals surface area contributed by atoms with Gasteiger partial charge in [0.2, 0.25) is 11.7 Å². The van der Waals surface area contributed by atoms with Crippen molar-refractivity contribution in [3.05, 3.63) is 35.2 Å². The molecule has 1 aliphatic rings. The number of likely N-dealkylation sites (tertiary alicyclic amines) is 1. The first-order valence-electron chi connectivity index (χ1n) is 10.1. The van der Waals surface area contributed by atoms with E-state index in [2.05, 4.69) is 25.8 Å². The molecule has 2 N–H and O–H groups in total. The molecular weight excluding hydrogens is 535 g/mol. The van der Waals surface area contributed by atoms with Crippen LogP contribution < -0.4 is 10.6 Å². The van der Waals surface area contributed by atoms with E-state index in [9.17, 15) is 4.79 Å². The Morgan fingerprint density at radius 3 is 2.81 bits per heavy atom. The lowest BCUT2D eigenvalue weighted by molar-refractivity contribution is 0.0963. The second-order valence-corrected chi connectivity index (χ2v) is 7.26. The van der Waals surface area contributed by atoms with Gasteiger partial charge in [0.15, 0.2) is 5.96 Å². The van der Waals surface area contributed by atoms with Gasteiger partial charge in [-0.3, -0.25) is 0 Å². The number of nitrogens with one attached hydrogen (secondary N) is 2. The number of aliphatic imine (C=N–C) groups is 1. The van der Waals surface area contributed by atoms with E-state index < -0.39 is 0 Å². The van der Waals surface area contributed by atoms with Crippen molar-refractivity contribution < 1.29 is 14.1 Å². The van der Waals surface area contributed by atoms with Crippen LogP contribution in [0.5, 0.6) is 0 Å². The molecular formula is C20H28ClIN6O3. The van der Waals surface area contributed by atoms with Gasteiger partial charge in [0, 0.05) is 36.3 Å². The van der Waals surface area contributed by atoms with E-state index >= 15 is 0 Å². The minimum atomic E-state index is -0.247. The number of guanidine groups is 1. The molecule has 11 heteroatoms. The number of benzene rings is 1. The van der Waals surface area contributed by atoms with Crippen LogP contribution in [-0.4, -0.2) is 59.4 Å². The highest BCUT2D eigenvalue weighted by Crippen LogP contribution is 2.20. The molecule has 1 amide bonds. The van der Waals surface area contributed by atoms with Gasteiger partial charge >= 0.3 is 6.09 Å².